The van der Waals surface area contributed by atoms with Crippen molar-refractivity contribution in [2.75, 3.05) is 0 Å². The summed E-state index contributed by atoms with van der Waals surface area (Å²) in [5.41, 5.74) is 1.81. The van der Waals surface area contributed by atoms with Gasteiger partial charge in [-0.25, -0.2) is 0 Å². The van der Waals surface area contributed by atoms with Crippen LogP contribution >= 0.6 is 0 Å². The van der Waals surface area contributed by atoms with Crippen LogP contribution < -0.4 is 5.73 Å². The summed E-state index contributed by atoms with van der Waals surface area (Å²) in [6.07, 6.45) is 0. The molecular formula is C3H7NO2. The van der Waals surface area contributed by atoms with Crippen molar-refractivity contribution in [2.24, 2.45) is 5.73 Å². The molecule has 3 nitrogen and oxygen atoms in total. The van der Waals surface area contributed by atoms with Gasteiger partial charge >= 0.3 is 5.97 Å². The maximum absolute atomic E-state index is 9.75. The number of carboxylic acid groups (broad SMARTS) is 1. The normalized spacial score (nSPS) is 15.8. The number of hydrogen-bond donors (Lipinski definition) is 2. The number of nitrogens with two attached hydrogens (primary N) is 1. The highest BCUT2D eigenvalue weighted by atomic mass is 16.4. The van der Waals surface area contributed by atoms with Crippen molar-refractivity contribution in [1.82, 2.24) is 0 Å². The quantitative estimate of drug-likeness (QED) is 0.477. The van der Waals surface area contributed by atoms with E-state index in [9.17, 15) is 4.79 Å². The Morgan fingerprint density at radius 1 is 2.33 bits per heavy atom. The second-order valence-corrected chi connectivity index (χ2v) is 1.06. The molecule has 0 saturated carbocycles. The summed E-state index contributed by atoms with van der Waals surface area (Å²) in [5.74, 6) is -1.00. The molecule has 0 heterocycles. The lowest BCUT2D eigenvalue weighted by Gasteiger charge is -1.90. The number of rotatable bonds is 2. The van der Waals surface area contributed by atoms with E-state index >= 15 is 0 Å². The predicted molar refractivity (Wildman–Crippen MR) is 21.3 cm³/mol. The average Bonchev–Trinajstić information content (AvgIpc) is 1.65. The van der Waals surface area contributed by atoms with Gasteiger partial charge in [0.1, 0.15) is 7.45 Å². The highest BCUT2D eigenvalue weighted by Gasteiger charge is 1.99. The number of carboxylic acids is 1. The lowest BCUT2D eigenvalue weighted by molar-refractivity contribution is -0.138. The van der Waals surface area contributed by atoms with Gasteiger partial charge in [0.05, 0.1) is 0 Å². The standard InChI is InChI=1S/C3H7NO2/c1-2(4)3(5)6/h2H,4H2,1H3,(H,5,6)/t2-/m0/s1/i/hT. The fourth-order valence-corrected chi connectivity index (χ4v) is 0. The molecule has 0 aliphatic rings. The van der Waals surface area contributed by atoms with Gasteiger partial charge in [0.2, 0.25) is 0 Å². The van der Waals surface area contributed by atoms with E-state index in [0.717, 1.165) is 0 Å². The van der Waals surface area contributed by atoms with Crippen molar-refractivity contribution in [2.45, 2.75) is 13.0 Å². The highest BCUT2D eigenvalue weighted by Crippen LogP contribution is 1.68. The van der Waals surface area contributed by atoms with Gasteiger partial charge in [-0.15, -0.1) is 0 Å². The van der Waals surface area contributed by atoms with Crippen molar-refractivity contribution in [3.05, 3.63) is 0 Å². The first kappa shape index (κ1) is 3.61. The third-order valence-corrected chi connectivity index (χ3v) is 0.370. The zero-order valence-electron chi connectivity index (χ0n) is 4.43. The van der Waals surface area contributed by atoms with Crippen LogP contribution in [0.2, 0.25) is 1.41 Å². The van der Waals surface area contributed by atoms with Crippen molar-refractivity contribution in [3.8, 4) is 0 Å². The monoisotopic (exact) mass is 91.1 g/mol. The largest absolute Gasteiger partial charge is 0.480 e. The van der Waals surface area contributed by atoms with Crippen molar-refractivity contribution in [3.63, 3.8) is 0 Å². The Balaban J connectivity index is 3.34. The summed E-state index contributed by atoms with van der Waals surface area (Å²) in [7, 11) is 0. The fraction of sp³-hybridized carbons (Fsp3) is 0.667. The van der Waals surface area contributed by atoms with Crippen LogP contribution in [0.1, 0.15) is 6.92 Å². The Labute approximate surface area is 37.2 Å². The zero-order chi connectivity index (χ0) is 5.86. The molecule has 0 aromatic heterocycles. The number of aliphatic carboxylic acids is 1. The van der Waals surface area contributed by atoms with Crippen LogP contribution in [0, 0.1) is 0 Å². The van der Waals surface area contributed by atoms with E-state index in [1.54, 1.807) is 0 Å². The molecule has 0 aliphatic carbocycles. The molecule has 0 spiro atoms. The summed E-state index contributed by atoms with van der Waals surface area (Å²) < 4.78 is 6.31. The summed E-state index contributed by atoms with van der Waals surface area (Å²) in [4.78, 5) is 9.75. The van der Waals surface area contributed by atoms with Crippen LogP contribution in [-0.4, -0.2) is 17.1 Å². The Kier molecular flexibility index (Phi) is 1.06. The van der Waals surface area contributed by atoms with Gasteiger partial charge in [-0.05, 0) is 6.92 Å². The van der Waals surface area contributed by atoms with Gasteiger partial charge in [-0.3, -0.25) is 4.79 Å². The third-order valence-electron chi connectivity index (χ3n) is 0.370. The molecule has 0 aliphatic heterocycles. The fourth-order valence-electron chi connectivity index (χ4n) is 0. The maximum Gasteiger partial charge on any atom is 0.320 e. The topological polar surface area (TPSA) is 63.3 Å². The molecule has 0 aromatic carbocycles. The van der Waals surface area contributed by atoms with Gasteiger partial charge in [-0.1, -0.05) is 0 Å². The minimum Gasteiger partial charge on any atom is -0.480 e. The number of hydrogen-bond acceptors (Lipinski definition) is 2. The molecule has 0 saturated heterocycles. The molecule has 0 aromatic rings. The Morgan fingerprint density at radius 3 is 2.83 bits per heavy atom. The molecule has 6 heavy (non-hydrogen) atoms. The molecule has 3 N–H and O–H groups in total. The van der Waals surface area contributed by atoms with Crippen molar-refractivity contribution in [1.29, 1.82) is 0 Å². The Bertz CT molecular complexity index is 75.3. The molecule has 0 bridgehead atoms. The third kappa shape index (κ3) is 1.72. The molecule has 0 fully saturated rings. The van der Waals surface area contributed by atoms with Gasteiger partial charge in [-0.2, -0.15) is 0 Å². The molecular weight excluding hydrogens is 82.0 g/mol. The van der Waals surface area contributed by atoms with Crippen molar-refractivity contribution < 1.29 is 11.3 Å². The van der Waals surface area contributed by atoms with E-state index in [1.165, 1.54) is 6.92 Å². The van der Waals surface area contributed by atoms with Gasteiger partial charge in [0, 0.05) is 0 Å². The summed E-state index contributed by atoms with van der Waals surface area (Å²) in [6.45, 7) is 1.40. The molecule has 1 atom stereocenters. The number of carbonyl (C=O) groups is 1. The highest BCUT2D eigenvalue weighted by molar-refractivity contribution is 5.72. The van der Waals surface area contributed by atoms with E-state index in [-0.39, 0.29) is 0 Å². The first-order chi connectivity index (χ1) is 3.18. The lowest BCUT2D eigenvalue weighted by Crippen LogP contribution is -2.25. The van der Waals surface area contributed by atoms with Gasteiger partial charge in [0.15, 0.2) is 0 Å². The second kappa shape index (κ2) is 1.77. The second-order valence-electron chi connectivity index (χ2n) is 1.06. The van der Waals surface area contributed by atoms with Gasteiger partial charge < -0.3 is 10.8 Å². The minimum atomic E-state index is -1.00. The first-order valence-electron chi connectivity index (χ1n) is 2.08. The Morgan fingerprint density at radius 2 is 2.83 bits per heavy atom. The smallest absolute Gasteiger partial charge is 0.320 e. The summed E-state index contributed by atoms with van der Waals surface area (Å²) in [5, 5.41) is 8.00. The van der Waals surface area contributed by atoms with Gasteiger partial charge in [0.25, 0.3) is 0 Å². The van der Waals surface area contributed by atoms with Crippen molar-refractivity contribution >= 4 is 5.97 Å². The van der Waals surface area contributed by atoms with Crippen LogP contribution in [0.3, 0.4) is 0 Å². The molecule has 0 amide bonds. The van der Waals surface area contributed by atoms with Crippen LogP contribution in [-0.2, 0) is 4.79 Å². The molecule has 36 valence electrons. The summed E-state index contributed by atoms with van der Waals surface area (Å²) >= 11 is 0. The minimum absolute atomic E-state index is 0.764. The maximum atomic E-state index is 9.75. The van der Waals surface area contributed by atoms with Crippen LogP contribution in [0.4, 0.5) is 0 Å². The molecule has 0 unspecified atom stereocenters. The van der Waals surface area contributed by atoms with E-state index in [1.807, 2.05) is 5.73 Å². The Hall–Kier alpha value is -0.570. The van der Waals surface area contributed by atoms with E-state index in [4.69, 9.17) is 6.52 Å². The predicted octanol–water partition coefficient (Wildman–Crippen LogP) is -0.582. The first-order valence-corrected chi connectivity index (χ1v) is 1.58. The lowest BCUT2D eigenvalue weighted by atomic mass is 10.4. The molecule has 3 heteroatoms. The molecule has 0 radical (unpaired) electrons. The average molecular weight is 91.1 g/mol. The zero-order valence-corrected chi connectivity index (χ0v) is 3.43. The van der Waals surface area contributed by atoms with Crippen LogP contribution in [0.25, 0.3) is 0 Å². The van der Waals surface area contributed by atoms with Crippen LogP contribution in [0.15, 0.2) is 0 Å². The van der Waals surface area contributed by atoms with Crippen LogP contribution in [0.5, 0.6) is 0 Å². The van der Waals surface area contributed by atoms with E-state index in [0.29, 0.717) is 0 Å². The SMILES string of the molecule is [3H]N[C@@H](C)C(=O)O. The summed E-state index contributed by atoms with van der Waals surface area (Å²) in [6, 6.07) is -0.764. The molecule has 0 rings (SSSR count). The van der Waals surface area contributed by atoms with E-state index < -0.39 is 12.0 Å². The van der Waals surface area contributed by atoms with E-state index in [2.05, 4.69) is 0 Å².